The van der Waals surface area contributed by atoms with E-state index >= 15 is 0 Å². The lowest BCUT2D eigenvalue weighted by Gasteiger charge is -1.48. The minimum absolute atomic E-state index is 0. The van der Waals surface area contributed by atoms with E-state index in [0.29, 0.717) is 0 Å². The summed E-state index contributed by atoms with van der Waals surface area (Å²) in [5.41, 5.74) is 0. The van der Waals surface area contributed by atoms with Crippen LogP contribution < -0.4 is 0 Å². The molecule has 0 heterocycles. The van der Waals surface area contributed by atoms with Gasteiger partial charge in [0, 0.05) is 0 Å². The van der Waals surface area contributed by atoms with E-state index in [-0.39, 0.29) is 17.4 Å². The number of hydrogen-bond acceptors (Lipinski definition) is 2. The lowest BCUT2D eigenvalue weighted by Crippen LogP contribution is -1.75. The Bertz CT molecular complexity index is 6.00. The highest BCUT2D eigenvalue weighted by atomic mass is 27.0. The van der Waals surface area contributed by atoms with Crippen LogP contribution in [0, 0.1) is 0 Å². The highest BCUT2D eigenvalue weighted by Crippen LogP contribution is 1.08. The van der Waals surface area contributed by atoms with Crippen molar-refractivity contribution in [2.75, 3.05) is 0 Å². The summed E-state index contributed by atoms with van der Waals surface area (Å²) in [5, 5.41) is 14.2. The predicted molar refractivity (Wildman–Crippen MR) is 21.5 cm³/mol. The summed E-state index contributed by atoms with van der Waals surface area (Å²) >= 11 is 0. The lowest BCUT2D eigenvalue weighted by atomic mass is 10.5. The summed E-state index contributed by atoms with van der Waals surface area (Å²) in [4.78, 5) is 0. The van der Waals surface area contributed by atoms with Crippen LogP contribution in [0.15, 0.2) is 0 Å². The largest absolute Gasteiger partial charge is 0.432 e. The molecule has 0 rings (SSSR count). The lowest BCUT2D eigenvalue weighted by molar-refractivity contribution is 0.448. The molecule has 0 aromatic rings. The minimum Gasteiger partial charge on any atom is -0.430 e. The van der Waals surface area contributed by atoms with Gasteiger partial charge in [-0.3, -0.25) is 0 Å². The first-order valence-electron chi connectivity index (χ1n) is 0.632. The summed E-state index contributed by atoms with van der Waals surface area (Å²) in [6.45, 7) is 0. The molecule has 0 aliphatic carbocycles. The van der Waals surface area contributed by atoms with E-state index in [4.69, 9.17) is 10.0 Å². The van der Waals surface area contributed by atoms with Crippen LogP contribution in [0.2, 0.25) is 0 Å². The summed E-state index contributed by atoms with van der Waals surface area (Å²) in [7, 11) is -0.750. The maximum Gasteiger partial charge on any atom is 0.432 e. The quantitative estimate of drug-likeness (QED) is 0.303. The Morgan fingerprint density at radius 1 is 1.25 bits per heavy atom. The van der Waals surface area contributed by atoms with Crippen molar-refractivity contribution in [1.29, 1.82) is 0 Å². The first kappa shape index (κ1) is 8.82. The average molecular weight is 75.8 g/mol. The molecule has 0 aliphatic heterocycles. The van der Waals surface area contributed by atoms with Gasteiger partial charge in [-0.1, -0.05) is 0 Å². The Morgan fingerprint density at radius 2 is 1.25 bits per heavy atom. The van der Waals surface area contributed by atoms with Crippen LogP contribution in [0.3, 0.4) is 0 Å². The van der Waals surface area contributed by atoms with E-state index in [9.17, 15) is 0 Å². The molecule has 0 spiro atoms. The van der Waals surface area contributed by atoms with E-state index in [1.807, 2.05) is 0 Å². The van der Waals surface area contributed by atoms with E-state index in [1.54, 1.807) is 0 Å². The fraction of sp³-hybridized carbons (Fsp3) is 0. The van der Waals surface area contributed by atoms with Crippen LogP contribution >= 0.6 is 0 Å². The zero-order valence-electron chi connectivity index (χ0n) is 1.60. The van der Waals surface area contributed by atoms with Gasteiger partial charge in [-0.25, -0.2) is 0 Å². The van der Waals surface area contributed by atoms with Gasteiger partial charge in [0.15, 0.2) is 17.4 Å². The van der Waals surface area contributed by atoms with Crippen molar-refractivity contribution in [3.63, 3.8) is 0 Å². The number of rotatable bonds is 0. The van der Waals surface area contributed by atoms with Crippen molar-refractivity contribution < 1.29 is 10.0 Å². The second kappa shape index (κ2) is 9.68. The third kappa shape index (κ3) is 21.7. The monoisotopic (exact) mass is 76.0 g/mol. The van der Waals surface area contributed by atoms with Crippen molar-refractivity contribution in [2.45, 2.75) is 0 Å². The third-order valence-corrected chi connectivity index (χ3v) is 0. The predicted octanol–water partition coefficient (Wildman–Crippen LogP) is -2.95. The smallest absolute Gasteiger partial charge is 0.430 e. The zero-order valence-corrected chi connectivity index (χ0v) is 1.60. The molecule has 0 radical (unpaired) electrons. The number of hydrogen-bond donors (Lipinski definition) is 2. The molecule has 0 aliphatic rings. The summed E-state index contributed by atoms with van der Waals surface area (Å²) in [6, 6.07) is 0. The maximum absolute atomic E-state index is 7.12. The van der Waals surface area contributed by atoms with Crippen LogP contribution in [0.25, 0.3) is 0 Å². The second-order valence-corrected chi connectivity index (χ2v) is 0.141. The van der Waals surface area contributed by atoms with Crippen LogP contribution in [0.5, 0.6) is 0 Å². The Labute approximate surface area is 35.9 Å². The molecule has 4 heteroatoms. The van der Waals surface area contributed by atoms with Gasteiger partial charge in [0.25, 0.3) is 0 Å². The van der Waals surface area contributed by atoms with Crippen molar-refractivity contribution in [3.05, 3.63) is 0 Å². The van der Waals surface area contributed by atoms with Crippen molar-refractivity contribution in [3.8, 4) is 0 Å². The van der Waals surface area contributed by atoms with E-state index in [1.165, 1.54) is 0 Å². The van der Waals surface area contributed by atoms with Gasteiger partial charge in [0.05, 0.1) is 0 Å². The second-order valence-electron chi connectivity index (χ2n) is 0.141. The molecule has 0 saturated heterocycles. The first-order chi connectivity index (χ1) is 1.41. The van der Waals surface area contributed by atoms with Crippen molar-refractivity contribution in [1.82, 2.24) is 0 Å². The van der Waals surface area contributed by atoms with Crippen LogP contribution in [0.4, 0.5) is 0 Å². The molecule has 0 saturated carbocycles. The van der Waals surface area contributed by atoms with Crippen molar-refractivity contribution >= 4 is 25.0 Å². The first-order valence-corrected chi connectivity index (χ1v) is 0.632. The average Bonchev–Trinajstić information content (AvgIpc) is 0.918. The highest BCUT2D eigenvalue weighted by molar-refractivity contribution is 6.13. The topological polar surface area (TPSA) is 40.5 Å². The molecule has 0 bridgehead atoms. The Hall–Kier alpha value is 0.517. The summed E-state index contributed by atoms with van der Waals surface area (Å²) in [6.07, 6.45) is 0. The fourth-order valence-corrected chi connectivity index (χ4v) is 0. The van der Waals surface area contributed by atoms with Gasteiger partial charge in [0.1, 0.15) is 0 Å². The molecule has 0 fully saturated rings. The maximum atomic E-state index is 7.12. The molecular weight excluding hydrogens is 69.8 g/mol. The van der Waals surface area contributed by atoms with Gasteiger partial charge in [-0.15, -0.1) is 0 Å². The van der Waals surface area contributed by atoms with E-state index < -0.39 is 7.69 Å². The molecule has 0 amide bonds. The third-order valence-electron chi connectivity index (χ3n) is 0. The minimum atomic E-state index is -0.750. The molecule has 0 atom stereocenters. The Morgan fingerprint density at radius 3 is 1.25 bits per heavy atom. The van der Waals surface area contributed by atoms with Crippen molar-refractivity contribution in [2.24, 2.45) is 0 Å². The van der Waals surface area contributed by atoms with Gasteiger partial charge in [-0.05, 0) is 0 Å². The highest BCUT2D eigenvalue weighted by Gasteiger charge is 1.48. The van der Waals surface area contributed by atoms with E-state index in [2.05, 4.69) is 0 Å². The summed E-state index contributed by atoms with van der Waals surface area (Å²) < 4.78 is 0. The van der Waals surface area contributed by atoms with Gasteiger partial charge in [0.2, 0.25) is 0 Å². The molecular formula is H6AlBO2. The normalized spacial score (nSPS) is 3.50. The Balaban J connectivity index is 0. The Kier molecular flexibility index (Phi) is 21.3. The standard InChI is InChI=1S/Al.BH3O2.3H/c;2-1-3;;;/h;1-3H;;;. The van der Waals surface area contributed by atoms with E-state index in [0.717, 1.165) is 0 Å². The van der Waals surface area contributed by atoms with Crippen LogP contribution in [-0.4, -0.2) is 35.1 Å². The van der Waals surface area contributed by atoms with Crippen LogP contribution in [0.1, 0.15) is 0 Å². The van der Waals surface area contributed by atoms with Crippen LogP contribution in [-0.2, 0) is 0 Å². The van der Waals surface area contributed by atoms with Gasteiger partial charge < -0.3 is 10.0 Å². The SMILES string of the molecule is OBO.[AlH3]. The molecule has 0 unspecified atom stereocenters. The zero-order chi connectivity index (χ0) is 2.71. The molecule has 0 aromatic carbocycles. The molecule has 24 valence electrons. The summed E-state index contributed by atoms with van der Waals surface area (Å²) in [5.74, 6) is 0. The molecule has 4 heavy (non-hydrogen) atoms. The van der Waals surface area contributed by atoms with Gasteiger partial charge in [-0.2, -0.15) is 0 Å². The molecule has 2 nitrogen and oxygen atoms in total. The van der Waals surface area contributed by atoms with Gasteiger partial charge >= 0.3 is 7.69 Å². The molecule has 0 aromatic heterocycles. The molecule has 2 N–H and O–H groups in total. The fourth-order valence-electron chi connectivity index (χ4n) is 0.